The number of ether oxygens (including phenoxy) is 1. The van der Waals surface area contributed by atoms with Gasteiger partial charge in [-0.1, -0.05) is 0 Å². The standard InChI is InChI=1S/C9H10O3Se/c1-12-6-13-8-4-2-7(3-5-8)9(10)11/h2-5H,6H2,1H3,(H,10,11). The number of hydrogen-bond donors (Lipinski definition) is 1. The van der Waals surface area contributed by atoms with Gasteiger partial charge in [-0.25, -0.2) is 0 Å². The van der Waals surface area contributed by atoms with E-state index in [1.165, 1.54) is 0 Å². The van der Waals surface area contributed by atoms with Crippen LogP contribution in [0.2, 0.25) is 0 Å². The van der Waals surface area contributed by atoms with Crippen molar-refractivity contribution in [2.24, 2.45) is 0 Å². The minimum atomic E-state index is -0.884. The van der Waals surface area contributed by atoms with Crippen LogP contribution in [0.25, 0.3) is 0 Å². The average Bonchev–Trinajstić information content (AvgIpc) is 2.15. The normalized spacial score (nSPS) is 9.92. The Balaban J connectivity index is 2.64. The molecule has 1 N–H and O–H groups in total. The molecule has 0 bridgehead atoms. The van der Waals surface area contributed by atoms with Crippen molar-refractivity contribution < 1.29 is 14.6 Å². The summed E-state index contributed by atoms with van der Waals surface area (Å²) in [6.07, 6.45) is 0. The molecule has 13 heavy (non-hydrogen) atoms. The molecule has 0 amide bonds. The van der Waals surface area contributed by atoms with E-state index in [-0.39, 0.29) is 15.0 Å². The van der Waals surface area contributed by atoms with Gasteiger partial charge in [0, 0.05) is 0 Å². The summed E-state index contributed by atoms with van der Waals surface area (Å²) in [7, 11) is 1.66. The van der Waals surface area contributed by atoms with Gasteiger partial charge >= 0.3 is 82.5 Å². The van der Waals surface area contributed by atoms with Crippen LogP contribution in [0.15, 0.2) is 24.3 Å². The summed E-state index contributed by atoms with van der Waals surface area (Å²) in [6.45, 7) is 0. The summed E-state index contributed by atoms with van der Waals surface area (Å²) in [5.41, 5.74) is 1.05. The van der Waals surface area contributed by atoms with E-state index in [4.69, 9.17) is 9.84 Å². The van der Waals surface area contributed by atoms with Gasteiger partial charge in [-0.15, -0.1) is 0 Å². The number of aromatic carboxylic acids is 1. The fourth-order valence-electron chi connectivity index (χ4n) is 0.821. The van der Waals surface area contributed by atoms with E-state index >= 15 is 0 Å². The molecular weight excluding hydrogens is 235 g/mol. The van der Waals surface area contributed by atoms with Gasteiger partial charge in [0.2, 0.25) is 0 Å². The molecule has 1 aromatic rings. The first kappa shape index (κ1) is 10.3. The molecular formula is C9H10O3Se. The van der Waals surface area contributed by atoms with Gasteiger partial charge in [-0.2, -0.15) is 0 Å². The van der Waals surface area contributed by atoms with Crippen LogP contribution in [-0.4, -0.2) is 38.6 Å². The molecule has 0 fully saturated rings. The van der Waals surface area contributed by atoms with Crippen LogP contribution in [0.1, 0.15) is 10.4 Å². The van der Waals surface area contributed by atoms with Crippen molar-refractivity contribution in [3.05, 3.63) is 29.8 Å². The zero-order valence-electron chi connectivity index (χ0n) is 7.19. The molecule has 3 nitrogen and oxygen atoms in total. The summed E-state index contributed by atoms with van der Waals surface area (Å²) < 4.78 is 6.09. The van der Waals surface area contributed by atoms with Crippen molar-refractivity contribution >= 4 is 25.4 Å². The second-order valence-corrected chi connectivity index (χ2v) is 4.47. The quantitative estimate of drug-likeness (QED) is 0.777. The Hall–Kier alpha value is -0.831. The molecule has 1 aromatic carbocycles. The molecule has 1 rings (SSSR count). The predicted octanol–water partition coefficient (Wildman–Crippen LogP) is 0.318. The maximum absolute atomic E-state index is 10.5. The number of carbonyl (C=O) groups is 1. The maximum atomic E-state index is 10.5. The van der Waals surface area contributed by atoms with E-state index in [1.54, 1.807) is 19.2 Å². The second kappa shape index (κ2) is 5.02. The molecule has 4 heteroatoms. The van der Waals surface area contributed by atoms with E-state index in [2.05, 4.69) is 0 Å². The Kier molecular flexibility index (Phi) is 3.96. The van der Waals surface area contributed by atoms with Gasteiger partial charge in [0.05, 0.1) is 0 Å². The molecule has 0 aromatic heterocycles. The van der Waals surface area contributed by atoms with Crippen LogP contribution in [-0.2, 0) is 4.74 Å². The van der Waals surface area contributed by atoms with Crippen molar-refractivity contribution in [1.29, 1.82) is 0 Å². The third-order valence-electron chi connectivity index (χ3n) is 1.44. The summed E-state index contributed by atoms with van der Waals surface area (Å²) >= 11 is 0.284. The summed E-state index contributed by atoms with van der Waals surface area (Å²) in [5, 5.41) is 8.63. The number of methoxy groups -OCH3 is 1. The van der Waals surface area contributed by atoms with Gasteiger partial charge < -0.3 is 0 Å². The van der Waals surface area contributed by atoms with Crippen molar-refractivity contribution in [2.45, 2.75) is 0 Å². The van der Waals surface area contributed by atoms with E-state index in [0.717, 1.165) is 9.97 Å². The van der Waals surface area contributed by atoms with E-state index in [1.807, 2.05) is 12.1 Å². The first-order valence-corrected chi connectivity index (χ1v) is 5.76. The van der Waals surface area contributed by atoms with Gasteiger partial charge in [0.15, 0.2) is 0 Å². The first-order valence-electron chi connectivity index (χ1n) is 3.69. The van der Waals surface area contributed by atoms with Crippen molar-refractivity contribution in [3.63, 3.8) is 0 Å². The molecule has 0 saturated heterocycles. The number of carboxylic acid groups (broad SMARTS) is 1. The molecule has 0 saturated carbocycles. The molecule has 0 spiro atoms. The monoisotopic (exact) mass is 246 g/mol. The Labute approximate surface area is 82.9 Å². The first-order chi connectivity index (χ1) is 6.24. The average molecular weight is 245 g/mol. The molecule has 0 unspecified atom stereocenters. The fourth-order valence-corrected chi connectivity index (χ4v) is 2.04. The zero-order valence-corrected chi connectivity index (χ0v) is 8.90. The molecule has 0 heterocycles. The number of rotatable bonds is 4. The van der Waals surface area contributed by atoms with E-state index < -0.39 is 5.97 Å². The van der Waals surface area contributed by atoms with E-state index in [0.29, 0.717) is 5.56 Å². The molecule has 0 aliphatic heterocycles. The Morgan fingerprint density at radius 3 is 2.54 bits per heavy atom. The van der Waals surface area contributed by atoms with Crippen LogP contribution in [0.4, 0.5) is 0 Å². The third kappa shape index (κ3) is 3.19. The third-order valence-corrected chi connectivity index (χ3v) is 3.46. The van der Waals surface area contributed by atoms with Crippen LogP contribution in [0.3, 0.4) is 0 Å². The molecule has 0 aliphatic carbocycles. The van der Waals surface area contributed by atoms with Gasteiger partial charge in [0.25, 0.3) is 0 Å². The molecule has 0 radical (unpaired) electrons. The summed E-state index contributed by atoms with van der Waals surface area (Å²) in [5.74, 6) is -0.884. The summed E-state index contributed by atoms with van der Waals surface area (Å²) in [6, 6.07) is 6.91. The Morgan fingerprint density at radius 1 is 1.46 bits per heavy atom. The minimum absolute atomic E-state index is 0.284. The Bertz CT molecular complexity index is 281. The fraction of sp³-hybridized carbons (Fsp3) is 0.222. The van der Waals surface area contributed by atoms with Gasteiger partial charge in [-0.3, -0.25) is 0 Å². The molecule has 70 valence electrons. The van der Waals surface area contributed by atoms with Crippen molar-refractivity contribution in [2.75, 3.05) is 12.6 Å². The van der Waals surface area contributed by atoms with Gasteiger partial charge in [-0.05, 0) is 0 Å². The zero-order chi connectivity index (χ0) is 9.68. The SMILES string of the molecule is COC[Se]c1ccc(C(=O)O)cc1. The van der Waals surface area contributed by atoms with Crippen LogP contribution in [0, 0.1) is 0 Å². The van der Waals surface area contributed by atoms with Gasteiger partial charge in [0.1, 0.15) is 0 Å². The van der Waals surface area contributed by atoms with Crippen LogP contribution < -0.4 is 4.46 Å². The van der Waals surface area contributed by atoms with Crippen LogP contribution >= 0.6 is 0 Å². The number of benzene rings is 1. The van der Waals surface area contributed by atoms with E-state index in [9.17, 15) is 4.79 Å². The van der Waals surface area contributed by atoms with Crippen molar-refractivity contribution in [1.82, 2.24) is 0 Å². The molecule has 0 aliphatic rings. The predicted molar refractivity (Wildman–Crippen MR) is 50.7 cm³/mol. The summed E-state index contributed by atoms with van der Waals surface area (Å²) in [4.78, 5) is 10.5. The number of carboxylic acids is 1. The molecule has 0 atom stereocenters. The number of hydrogen-bond acceptors (Lipinski definition) is 2. The topological polar surface area (TPSA) is 46.5 Å². The Morgan fingerprint density at radius 2 is 2.08 bits per heavy atom. The van der Waals surface area contributed by atoms with Crippen LogP contribution in [0.5, 0.6) is 0 Å². The van der Waals surface area contributed by atoms with Crippen molar-refractivity contribution in [3.8, 4) is 0 Å². The second-order valence-electron chi connectivity index (χ2n) is 2.38.